The van der Waals surface area contributed by atoms with Crippen LogP contribution in [0.5, 0.6) is 0 Å². The quantitative estimate of drug-likeness (QED) is 0.624. The number of benzene rings is 1. The number of nitrogens with zero attached hydrogens (tertiary/aromatic N) is 2. The van der Waals surface area contributed by atoms with Gasteiger partial charge in [0.05, 0.1) is 21.6 Å². The Morgan fingerprint density at radius 1 is 1.36 bits per heavy atom. The lowest BCUT2D eigenvalue weighted by atomic mass is 10.1. The maximum Gasteiger partial charge on any atom is 0.228 e. The van der Waals surface area contributed by atoms with Crippen molar-refractivity contribution in [1.82, 2.24) is 9.97 Å². The molecule has 4 rings (SSSR count). The summed E-state index contributed by atoms with van der Waals surface area (Å²) in [6.07, 6.45) is 1.94. The zero-order valence-electron chi connectivity index (χ0n) is 12.8. The van der Waals surface area contributed by atoms with Crippen LogP contribution in [0.25, 0.3) is 11.3 Å². The lowest BCUT2D eigenvalue weighted by Crippen LogP contribution is -2.13. The van der Waals surface area contributed by atoms with Crippen molar-refractivity contribution in [3.63, 3.8) is 0 Å². The molecule has 0 bridgehead atoms. The van der Waals surface area contributed by atoms with E-state index in [1.807, 2.05) is 17.5 Å². The largest absolute Gasteiger partial charge is 0.350 e. The topological polar surface area (TPSA) is 66.9 Å². The van der Waals surface area contributed by atoms with Gasteiger partial charge in [-0.1, -0.05) is 11.6 Å². The molecule has 2 aromatic heterocycles. The number of halogens is 2. The van der Waals surface area contributed by atoms with Crippen LogP contribution in [0.1, 0.15) is 11.1 Å². The number of amides is 1. The van der Waals surface area contributed by atoms with Crippen LogP contribution < -0.4 is 10.6 Å². The van der Waals surface area contributed by atoms with E-state index >= 15 is 0 Å². The number of hydrogen-bond donors (Lipinski definition) is 2. The third-order valence-corrected chi connectivity index (χ3v) is 5.90. The Morgan fingerprint density at radius 2 is 2.24 bits per heavy atom. The molecule has 3 aromatic rings. The summed E-state index contributed by atoms with van der Waals surface area (Å²) in [7, 11) is 0. The van der Waals surface area contributed by atoms with Crippen LogP contribution in [-0.2, 0) is 17.8 Å². The average molecular weight is 436 g/mol. The smallest absolute Gasteiger partial charge is 0.228 e. The molecule has 1 amide bonds. The fraction of sp³-hybridized carbons (Fsp3) is 0.118. The highest BCUT2D eigenvalue weighted by Gasteiger charge is 2.21. The molecule has 0 spiro atoms. The van der Waals surface area contributed by atoms with Gasteiger partial charge in [-0.2, -0.15) is 0 Å². The second-order valence-corrected chi connectivity index (χ2v) is 8.23. The highest BCUT2D eigenvalue weighted by molar-refractivity contribution is 9.11. The molecule has 5 nitrogen and oxygen atoms in total. The molecule has 0 unspecified atom stereocenters. The van der Waals surface area contributed by atoms with E-state index in [0.29, 0.717) is 23.2 Å². The summed E-state index contributed by atoms with van der Waals surface area (Å²) in [6, 6.07) is 7.44. The van der Waals surface area contributed by atoms with E-state index in [9.17, 15) is 4.79 Å². The first-order valence-corrected chi connectivity index (χ1v) is 9.56. The van der Waals surface area contributed by atoms with Gasteiger partial charge < -0.3 is 10.6 Å². The summed E-state index contributed by atoms with van der Waals surface area (Å²) in [5, 5.41) is 8.70. The van der Waals surface area contributed by atoms with E-state index in [0.717, 1.165) is 26.2 Å². The average Bonchev–Trinajstić information content (AvgIpc) is 2.93. The molecule has 8 heteroatoms. The minimum absolute atomic E-state index is 0.103. The highest BCUT2D eigenvalue weighted by Crippen LogP contribution is 2.34. The first-order chi connectivity index (χ1) is 12.1. The van der Waals surface area contributed by atoms with Gasteiger partial charge in [0.1, 0.15) is 0 Å². The molecule has 0 saturated heterocycles. The molecule has 1 aliphatic heterocycles. The van der Waals surface area contributed by atoms with Crippen molar-refractivity contribution in [2.75, 3.05) is 10.6 Å². The lowest BCUT2D eigenvalue weighted by Gasteiger charge is -2.10. The van der Waals surface area contributed by atoms with Crippen LogP contribution in [0.3, 0.4) is 0 Å². The monoisotopic (exact) mass is 434 g/mol. The van der Waals surface area contributed by atoms with Gasteiger partial charge in [0.15, 0.2) is 0 Å². The second kappa shape index (κ2) is 6.74. The summed E-state index contributed by atoms with van der Waals surface area (Å²) in [5.74, 6) is 0.417. The Morgan fingerprint density at radius 3 is 3.04 bits per heavy atom. The molecule has 3 heterocycles. The van der Waals surface area contributed by atoms with Gasteiger partial charge in [-0.05, 0) is 51.1 Å². The van der Waals surface area contributed by atoms with Gasteiger partial charge in [-0.15, -0.1) is 11.3 Å². The van der Waals surface area contributed by atoms with Crippen LogP contribution in [-0.4, -0.2) is 15.9 Å². The fourth-order valence-corrected chi connectivity index (χ4v) is 4.08. The van der Waals surface area contributed by atoms with Crippen LogP contribution in [0, 0.1) is 0 Å². The Bertz CT molecular complexity index is 975. The van der Waals surface area contributed by atoms with Crippen molar-refractivity contribution < 1.29 is 4.79 Å². The lowest BCUT2D eigenvalue weighted by molar-refractivity contribution is -0.115. The number of carbonyl (C=O) groups excluding carboxylic acids is 1. The van der Waals surface area contributed by atoms with Crippen molar-refractivity contribution >= 4 is 56.4 Å². The number of aromatic nitrogens is 2. The number of fused-ring (bicyclic) bond motifs is 3. The highest BCUT2D eigenvalue weighted by atomic mass is 79.9. The number of hydrogen-bond acceptors (Lipinski definition) is 5. The summed E-state index contributed by atoms with van der Waals surface area (Å²) in [6.45, 7) is 0.619. The first kappa shape index (κ1) is 16.5. The summed E-state index contributed by atoms with van der Waals surface area (Å²) in [5.41, 5.74) is 4.19. The molecule has 0 atom stereocenters. The predicted molar refractivity (Wildman–Crippen MR) is 104 cm³/mol. The maximum atomic E-state index is 12.1. The van der Waals surface area contributed by atoms with Crippen molar-refractivity contribution in [2.45, 2.75) is 13.0 Å². The van der Waals surface area contributed by atoms with Gasteiger partial charge in [-0.25, -0.2) is 9.97 Å². The third-order valence-electron chi connectivity index (χ3n) is 3.86. The number of rotatable bonds is 3. The van der Waals surface area contributed by atoms with Crippen molar-refractivity contribution in [3.8, 4) is 11.3 Å². The third kappa shape index (κ3) is 3.40. The van der Waals surface area contributed by atoms with E-state index < -0.39 is 0 Å². The van der Waals surface area contributed by atoms with E-state index in [1.165, 1.54) is 0 Å². The Hall–Kier alpha value is -1.96. The van der Waals surface area contributed by atoms with E-state index in [2.05, 4.69) is 36.5 Å². The Kier molecular flexibility index (Phi) is 4.45. The maximum absolute atomic E-state index is 12.1. The number of nitrogens with one attached hydrogen (secondary N) is 2. The molecular formula is C17H12BrClN4OS. The molecule has 25 heavy (non-hydrogen) atoms. The molecule has 0 saturated carbocycles. The van der Waals surface area contributed by atoms with E-state index in [-0.39, 0.29) is 12.3 Å². The SMILES string of the molecule is O=C1Cc2cnc(NCc3ccsc3Br)nc2-c2ccc(Cl)cc2N1. The van der Waals surface area contributed by atoms with Crippen LogP contribution in [0.4, 0.5) is 11.6 Å². The molecule has 2 N–H and O–H groups in total. The molecule has 126 valence electrons. The second-order valence-electron chi connectivity index (χ2n) is 5.56. The van der Waals surface area contributed by atoms with Crippen LogP contribution >= 0.6 is 38.9 Å². The summed E-state index contributed by atoms with van der Waals surface area (Å²) < 4.78 is 1.09. The molecule has 1 aliphatic rings. The molecular weight excluding hydrogens is 424 g/mol. The minimum Gasteiger partial charge on any atom is -0.350 e. The summed E-state index contributed by atoms with van der Waals surface area (Å²) in [4.78, 5) is 21.1. The summed E-state index contributed by atoms with van der Waals surface area (Å²) >= 11 is 11.2. The van der Waals surface area contributed by atoms with Crippen molar-refractivity contribution in [2.24, 2.45) is 0 Å². The van der Waals surface area contributed by atoms with Crippen molar-refractivity contribution in [1.29, 1.82) is 0 Å². The Balaban J connectivity index is 1.70. The fourth-order valence-electron chi connectivity index (χ4n) is 2.67. The molecule has 1 aromatic carbocycles. The van der Waals surface area contributed by atoms with Crippen molar-refractivity contribution in [3.05, 3.63) is 55.8 Å². The van der Waals surface area contributed by atoms with Crippen LogP contribution in [0.2, 0.25) is 5.02 Å². The normalized spacial score (nSPS) is 12.8. The van der Waals surface area contributed by atoms with Crippen LogP contribution in [0.15, 0.2) is 39.6 Å². The predicted octanol–water partition coefficient (Wildman–Crippen LogP) is 4.73. The number of thiophene rings is 1. The molecule has 0 radical (unpaired) electrons. The standard InChI is InChI=1S/C17H12BrClN4OS/c18-16-9(3-4-25-16)7-20-17-21-8-10-5-14(24)22-13-6-11(19)1-2-12(13)15(10)23-17/h1-4,6,8H,5,7H2,(H,22,24)(H,20,21,23). The Labute approximate surface area is 161 Å². The minimum atomic E-state index is -0.103. The van der Waals surface area contributed by atoms with Gasteiger partial charge in [0.25, 0.3) is 0 Å². The number of carbonyl (C=O) groups is 1. The first-order valence-electron chi connectivity index (χ1n) is 7.51. The van der Waals surface area contributed by atoms with Gasteiger partial charge in [-0.3, -0.25) is 4.79 Å². The van der Waals surface area contributed by atoms with E-state index in [1.54, 1.807) is 29.7 Å². The van der Waals surface area contributed by atoms with Gasteiger partial charge >= 0.3 is 0 Å². The van der Waals surface area contributed by atoms with E-state index in [4.69, 9.17) is 11.6 Å². The molecule has 0 aliphatic carbocycles. The van der Waals surface area contributed by atoms with Gasteiger partial charge in [0.2, 0.25) is 11.9 Å². The zero-order chi connectivity index (χ0) is 17.4. The van der Waals surface area contributed by atoms with Gasteiger partial charge in [0, 0.05) is 28.9 Å². The zero-order valence-corrected chi connectivity index (χ0v) is 16.0. The molecule has 0 fully saturated rings. The number of anilines is 2.